The van der Waals surface area contributed by atoms with Crippen LogP contribution in [0.25, 0.3) is 0 Å². The first-order valence-electron chi connectivity index (χ1n) is 8.62. The minimum Gasteiger partial charge on any atom is -0.465 e. The number of esters is 1. The van der Waals surface area contributed by atoms with Crippen LogP contribution in [0.5, 0.6) is 0 Å². The molecule has 1 aliphatic rings. The van der Waals surface area contributed by atoms with Crippen molar-refractivity contribution in [2.75, 3.05) is 12.4 Å². The third-order valence-corrected chi connectivity index (χ3v) is 6.66. The number of anilines is 1. The lowest BCUT2D eigenvalue weighted by Crippen LogP contribution is -2.15. The van der Waals surface area contributed by atoms with Gasteiger partial charge in [0.1, 0.15) is 5.00 Å². The highest BCUT2D eigenvalue weighted by atomic mass is 32.1. The topological polar surface area (TPSA) is 72.5 Å². The molecule has 0 saturated heterocycles. The first-order chi connectivity index (χ1) is 12.5. The fourth-order valence-corrected chi connectivity index (χ4v) is 5.22. The van der Waals surface area contributed by atoms with E-state index in [9.17, 15) is 14.4 Å². The second kappa shape index (κ2) is 8.14. The number of ether oxygens (including phenoxy) is 1. The number of hydrogen-bond acceptors (Lipinski definition) is 6. The summed E-state index contributed by atoms with van der Waals surface area (Å²) in [4.78, 5) is 39.6. The number of rotatable bonds is 6. The Labute approximate surface area is 160 Å². The maximum atomic E-state index is 12.3. The molecule has 0 bridgehead atoms. The van der Waals surface area contributed by atoms with Gasteiger partial charge in [-0.3, -0.25) is 9.59 Å². The summed E-state index contributed by atoms with van der Waals surface area (Å²) in [5, 5.41) is 3.37. The number of hydrogen-bond donors (Lipinski definition) is 1. The maximum absolute atomic E-state index is 12.3. The minimum absolute atomic E-state index is 0.0306. The number of fused-ring (bicyclic) bond motifs is 1. The van der Waals surface area contributed by atoms with Gasteiger partial charge in [-0.25, -0.2) is 4.79 Å². The van der Waals surface area contributed by atoms with Crippen molar-refractivity contribution in [3.05, 3.63) is 37.9 Å². The second-order valence-electron chi connectivity index (χ2n) is 6.29. The third-order valence-electron chi connectivity index (χ3n) is 4.41. The van der Waals surface area contributed by atoms with Gasteiger partial charge in [-0.15, -0.1) is 22.7 Å². The largest absolute Gasteiger partial charge is 0.465 e. The normalized spacial score (nSPS) is 13.2. The van der Waals surface area contributed by atoms with Crippen molar-refractivity contribution in [3.63, 3.8) is 0 Å². The van der Waals surface area contributed by atoms with Gasteiger partial charge in [-0.05, 0) is 50.3 Å². The van der Waals surface area contributed by atoms with Gasteiger partial charge in [0.2, 0.25) is 5.91 Å². The summed E-state index contributed by atoms with van der Waals surface area (Å²) in [5.41, 5.74) is 1.49. The first kappa shape index (κ1) is 18.8. The molecular formula is C19H21NO4S2. The lowest BCUT2D eigenvalue weighted by molar-refractivity contribution is -0.116. The highest BCUT2D eigenvalue weighted by molar-refractivity contribution is 7.17. The van der Waals surface area contributed by atoms with Crippen molar-refractivity contribution < 1.29 is 19.1 Å². The van der Waals surface area contributed by atoms with Crippen molar-refractivity contribution in [1.82, 2.24) is 0 Å². The zero-order valence-electron chi connectivity index (χ0n) is 14.8. The summed E-state index contributed by atoms with van der Waals surface area (Å²) < 4.78 is 4.90. The number of ketones is 1. The van der Waals surface area contributed by atoms with E-state index in [0.717, 1.165) is 41.0 Å². The molecule has 3 rings (SSSR count). The number of carbonyl (C=O) groups excluding carboxylic acids is 3. The molecule has 2 aromatic rings. The average Bonchev–Trinajstić information content (AvgIpc) is 3.22. The predicted octanol–water partition coefficient (Wildman–Crippen LogP) is 4.39. The number of methoxy groups -OCH3 is 1. The third kappa shape index (κ3) is 4.04. The van der Waals surface area contributed by atoms with Crippen molar-refractivity contribution in [2.24, 2.45) is 0 Å². The number of carbonyl (C=O) groups is 3. The molecule has 0 atom stereocenters. The molecule has 0 saturated carbocycles. The number of aryl methyl sites for hydroxylation is 2. The summed E-state index contributed by atoms with van der Waals surface area (Å²) in [5.74, 6) is -0.697. The molecular weight excluding hydrogens is 370 g/mol. The monoisotopic (exact) mass is 391 g/mol. The van der Waals surface area contributed by atoms with Gasteiger partial charge < -0.3 is 10.1 Å². The van der Waals surface area contributed by atoms with Crippen LogP contribution in [0, 0.1) is 6.92 Å². The molecule has 0 fully saturated rings. The van der Waals surface area contributed by atoms with E-state index in [1.54, 1.807) is 6.07 Å². The lowest BCUT2D eigenvalue weighted by Gasteiger charge is -2.11. The summed E-state index contributed by atoms with van der Waals surface area (Å²) >= 11 is 2.89. The van der Waals surface area contributed by atoms with Gasteiger partial charge in [-0.2, -0.15) is 0 Å². The molecule has 0 radical (unpaired) electrons. The van der Waals surface area contributed by atoms with Crippen LogP contribution >= 0.6 is 22.7 Å². The van der Waals surface area contributed by atoms with Gasteiger partial charge in [0.15, 0.2) is 5.78 Å². The summed E-state index contributed by atoms with van der Waals surface area (Å²) in [7, 11) is 1.35. The summed E-state index contributed by atoms with van der Waals surface area (Å²) in [6, 6.07) is 3.69. The van der Waals surface area contributed by atoms with Crippen molar-refractivity contribution >= 4 is 45.3 Å². The van der Waals surface area contributed by atoms with Crippen molar-refractivity contribution in [1.29, 1.82) is 0 Å². The molecule has 2 heterocycles. The molecule has 26 heavy (non-hydrogen) atoms. The Balaban J connectivity index is 1.68. The molecule has 1 N–H and O–H groups in total. The molecule has 0 unspecified atom stereocenters. The smallest absolute Gasteiger partial charge is 0.341 e. The predicted molar refractivity (Wildman–Crippen MR) is 104 cm³/mol. The summed E-state index contributed by atoms with van der Waals surface area (Å²) in [6.45, 7) is 1.95. The molecule has 0 aromatic carbocycles. The number of thiophene rings is 2. The van der Waals surface area contributed by atoms with E-state index in [1.165, 1.54) is 29.8 Å². The van der Waals surface area contributed by atoms with Crippen LogP contribution in [0.3, 0.4) is 0 Å². The Morgan fingerprint density at radius 1 is 1.12 bits per heavy atom. The molecule has 0 aliphatic heterocycles. The summed E-state index contributed by atoms with van der Waals surface area (Å²) in [6.07, 6.45) is 4.15. The van der Waals surface area contributed by atoms with Gasteiger partial charge in [0.05, 0.1) is 17.6 Å². The molecule has 5 nitrogen and oxygen atoms in total. The van der Waals surface area contributed by atoms with Crippen LogP contribution in [-0.2, 0) is 22.4 Å². The zero-order valence-corrected chi connectivity index (χ0v) is 16.5. The van der Waals surface area contributed by atoms with E-state index in [2.05, 4.69) is 5.32 Å². The van der Waals surface area contributed by atoms with E-state index < -0.39 is 5.97 Å². The van der Waals surface area contributed by atoms with E-state index in [-0.39, 0.29) is 24.5 Å². The van der Waals surface area contributed by atoms with Gasteiger partial charge in [0, 0.05) is 22.6 Å². The van der Waals surface area contributed by atoms with E-state index in [4.69, 9.17) is 4.74 Å². The Morgan fingerprint density at radius 2 is 1.88 bits per heavy atom. The van der Waals surface area contributed by atoms with Crippen LogP contribution in [0.4, 0.5) is 5.00 Å². The molecule has 1 amide bonds. The molecule has 2 aromatic heterocycles. The molecule has 1 aliphatic carbocycles. The Bertz CT molecular complexity index is 850. The van der Waals surface area contributed by atoms with Crippen molar-refractivity contribution in [3.8, 4) is 0 Å². The lowest BCUT2D eigenvalue weighted by atomic mass is 9.95. The van der Waals surface area contributed by atoms with Crippen LogP contribution in [-0.4, -0.2) is 24.8 Å². The zero-order chi connectivity index (χ0) is 18.7. The first-order valence-corrected chi connectivity index (χ1v) is 10.2. The fraction of sp³-hybridized carbons (Fsp3) is 0.421. The Morgan fingerprint density at radius 3 is 2.58 bits per heavy atom. The highest BCUT2D eigenvalue weighted by Gasteiger charge is 2.27. The molecule has 7 heteroatoms. The minimum atomic E-state index is -0.412. The van der Waals surface area contributed by atoms with Gasteiger partial charge in [0.25, 0.3) is 0 Å². The molecule has 0 spiro atoms. The van der Waals surface area contributed by atoms with E-state index >= 15 is 0 Å². The number of nitrogens with one attached hydrogen (secondary N) is 1. The van der Waals surface area contributed by atoms with E-state index in [0.29, 0.717) is 15.4 Å². The Hall–Kier alpha value is -1.99. The average molecular weight is 392 g/mol. The van der Waals surface area contributed by atoms with Gasteiger partial charge >= 0.3 is 5.97 Å². The quantitative estimate of drug-likeness (QED) is 0.586. The van der Waals surface area contributed by atoms with Crippen LogP contribution in [0.1, 0.15) is 61.0 Å². The van der Waals surface area contributed by atoms with Gasteiger partial charge in [-0.1, -0.05) is 0 Å². The van der Waals surface area contributed by atoms with Crippen LogP contribution in [0.15, 0.2) is 12.1 Å². The van der Waals surface area contributed by atoms with Crippen LogP contribution < -0.4 is 5.32 Å². The molecule has 138 valence electrons. The number of Topliss-reactive ketones (excluding diaryl/α,β-unsaturated/α-hetero) is 1. The second-order valence-corrected chi connectivity index (χ2v) is 8.68. The highest BCUT2D eigenvalue weighted by Crippen LogP contribution is 2.38. The fourth-order valence-electron chi connectivity index (χ4n) is 3.10. The SMILES string of the molecule is COC(=O)c1c(NC(=O)CCC(=O)c2ccc(C)s2)sc2c1CCCC2. The maximum Gasteiger partial charge on any atom is 0.341 e. The number of amides is 1. The van der Waals surface area contributed by atoms with Crippen LogP contribution in [0.2, 0.25) is 0 Å². The Kier molecular flexibility index (Phi) is 5.88. The van der Waals surface area contributed by atoms with Crippen molar-refractivity contribution in [2.45, 2.75) is 45.4 Å². The van der Waals surface area contributed by atoms with E-state index in [1.807, 2.05) is 13.0 Å². The standard InChI is InChI=1S/C19H21NO4S2/c1-11-7-9-15(25-11)13(21)8-10-16(22)20-18-17(19(23)24-2)12-5-3-4-6-14(12)26-18/h7,9H,3-6,8,10H2,1-2H3,(H,20,22).